The van der Waals surface area contributed by atoms with Gasteiger partial charge in [0, 0.05) is 5.56 Å². The van der Waals surface area contributed by atoms with Crippen molar-refractivity contribution < 1.29 is 0 Å². The van der Waals surface area contributed by atoms with E-state index in [-0.39, 0.29) is 0 Å². The van der Waals surface area contributed by atoms with Crippen LogP contribution >= 0.6 is 0 Å². The van der Waals surface area contributed by atoms with Gasteiger partial charge in [0.15, 0.2) is 0 Å². The molecule has 4 N–H and O–H groups in total. The number of nitrogens with one attached hydrogen (secondary N) is 2. The molecule has 0 radical (unpaired) electrons. The van der Waals surface area contributed by atoms with Crippen LogP contribution in [0.25, 0.3) is 22.4 Å². The van der Waals surface area contributed by atoms with E-state index in [0.717, 1.165) is 28.1 Å². The summed E-state index contributed by atoms with van der Waals surface area (Å²) in [6.07, 6.45) is 0. The van der Waals surface area contributed by atoms with Crippen molar-refractivity contribution in [2.24, 2.45) is 5.84 Å². The molecule has 0 saturated heterocycles. The fourth-order valence-electron chi connectivity index (χ4n) is 1.90. The molecule has 0 amide bonds. The molecule has 0 aliphatic carbocycles. The van der Waals surface area contributed by atoms with Gasteiger partial charge in [0.1, 0.15) is 5.82 Å². The Morgan fingerprint density at radius 3 is 2.59 bits per heavy atom. The maximum atomic E-state index is 5.49. The molecular weight excluding hydrogens is 212 g/mol. The number of nitrogen functional groups attached to an aromatic ring is 1. The predicted molar refractivity (Wildman–Crippen MR) is 69.3 cm³/mol. The standard InChI is InChI=1S/C13H12N4/c14-17-10-6-2-1-5-9(10)13-15-11-7-3-4-8-12(11)16-13/h1-8,17H,14H2,(H,15,16). The molecule has 4 heteroatoms. The molecular formula is C13H12N4. The normalized spacial score (nSPS) is 10.6. The first-order valence-corrected chi connectivity index (χ1v) is 5.39. The van der Waals surface area contributed by atoms with Crippen LogP contribution in [0.4, 0.5) is 5.69 Å². The van der Waals surface area contributed by atoms with E-state index in [1.165, 1.54) is 0 Å². The third-order valence-electron chi connectivity index (χ3n) is 2.73. The van der Waals surface area contributed by atoms with Gasteiger partial charge in [-0.2, -0.15) is 0 Å². The second kappa shape index (κ2) is 3.92. The van der Waals surface area contributed by atoms with Crippen LogP contribution in [0.15, 0.2) is 48.5 Å². The van der Waals surface area contributed by atoms with Crippen LogP contribution in [0.1, 0.15) is 0 Å². The minimum atomic E-state index is 0.819. The number of anilines is 1. The second-order valence-electron chi connectivity index (χ2n) is 3.79. The number of hydrogen-bond acceptors (Lipinski definition) is 3. The Labute approximate surface area is 98.5 Å². The Balaban J connectivity index is 2.20. The van der Waals surface area contributed by atoms with Crippen molar-refractivity contribution in [2.75, 3.05) is 5.43 Å². The molecule has 2 aromatic carbocycles. The highest BCUT2D eigenvalue weighted by Gasteiger charge is 2.07. The highest BCUT2D eigenvalue weighted by Crippen LogP contribution is 2.26. The summed E-state index contributed by atoms with van der Waals surface area (Å²) in [7, 11) is 0. The van der Waals surface area contributed by atoms with Crippen LogP contribution < -0.4 is 11.3 Å². The lowest BCUT2D eigenvalue weighted by Crippen LogP contribution is -2.07. The molecule has 0 spiro atoms. The summed E-state index contributed by atoms with van der Waals surface area (Å²) in [5.41, 5.74) is 6.47. The first kappa shape index (κ1) is 9.86. The largest absolute Gasteiger partial charge is 0.338 e. The quantitative estimate of drug-likeness (QED) is 0.463. The number of nitrogens with zero attached hydrogens (tertiary/aromatic N) is 1. The lowest BCUT2D eigenvalue weighted by Gasteiger charge is -2.04. The van der Waals surface area contributed by atoms with E-state index in [1.807, 2.05) is 48.5 Å². The molecule has 0 fully saturated rings. The average Bonchev–Trinajstić information content (AvgIpc) is 2.82. The summed E-state index contributed by atoms with van der Waals surface area (Å²) >= 11 is 0. The van der Waals surface area contributed by atoms with Gasteiger partial charge in [-0.1, -0.05) is 24.3 Å². The van der Waals surface area contributed by atoms with Crippen molar-refractivity contribution >= 4 is 16.7 Å². The highest BCUT2D eigenvalue weighted by atomic mass is 15.2. The molecule has 0 aliphatic heterocycles. The van der Waals surface area contributed by atoms with Crippen LogP contribution in [0, 0.1) is 0 Å². The fourth-order valence-corrected chi connectivity index (χ4v) is 1.90. The SMILES string of the molecule is NNc1ccccc1-c1nc2ccccc2[nH]1. The third-order valence-corrected chi connectivity index (χ3v) is 2.73. The molecule has 0 bridgehead atoms. The number of rotatable bonds is 2. The summed E-state index contributed by atoms with van der Waals surface area (Å²) in [4.78, 5) is 7.82. The molecule has 3 aromatic rings. The Morgan fingerprint density at radius 1 is 1.00 bits per heavy atom. The zero-order valence-corrected chi connectivity index (χ0v) is 9.14. The van der Waals surface area contributed by atoms with Crippen molar-refractivity contribution in [3.63, 3.8) is 0 Å². The summed E-state index contributed by atoms with van der Waals surface area (Å²) in [6.45, 7) is 0. The van der Waals surface area contributed by atoms with E-state index < -0.39 is 0 Å². The minimum absolute atomic E-state index is 0.819. The molecule has 3 rings (SSSR count). The van der Waals surface area contributed by atoms with Crippen molar-refractivity contribution in [3.05, 3.63) is 48.5 Å². The number of fused-ring (bicyclic) bond motifs is 1. The van der Waals surface area contributed by atoms with Crippen molar-refractivity contribution in [3.8, 4) is 11.4 Å². The lowest BCUT2D eigenvalue weighted by molar-refractivity contribution is 1.30. The molecule has 84 valence electrons. The number of hydrazine groups is 1. The van der Waals surface area contributed by atoms with E-state index in [9.17, 15) is 0 Å². The van der Waals surface area contributed by atoms with E-state index in [1.54, 1.807) is 0 Å². The number of aromatic nitrogens is 2. The van der Waals surface area contributed by atoms with Crippen LogP contribution in [0.3, 0.4) is 0 Å². The molecule has 0 unspecified atom stereocenters. The predicted octanol–water partition coefficient (Wildman–Crippen LogP) is 2.52. The van der Waals surface area contributed by atoms with Gasteiger partial charge in [0.05, 0.1) is 16.7 Å². The Bertz CT molecular complexity index is 624. The van der Waals surface area contributed by atoms with Crippen molar-refractivity contribution in [1.29, 1.82) is 0 Å². The summed E-state index contributed by atoms with van der Waals surface area (Å²) in [5.74, 6) is 6.31. The van der Waals surface area contributed by atoms with Crippen molar-refractivity contribution in [2.45, 2.75) is 0 Å². The van der Waals surface area contributed by atoms with E-state index in [0.29, 0.717) is 0 Å². The van der Waals surface area contributed by atoms with E-state index in [4.69, 9.17) is 5.84 Å². The first-order valence-electron chi connectivity index (χ1n) is 5.39. The van der Waals surface area contributed by atoms with E-state index in [2.05, 4.69) is 15.4 Å². The summed E-state index contributed by atoms with van der Waals surface area (Å²) < 4.78 is 0. The number of H-pyrrole nitrogens is 1. The van der Waals surface area contributed by atoms with Gasteiger partial charge in [-0.15, -0.1) is 0 Å². The zero-order valence-electron chi connectivity index (χ0n) is 9.14. The number of hydrogen-bond donors (Lipinski definition) is 3. The van der Waals surface area contributed by atoms with Crippen LogP contribution in [-0.2, 0) is 0 Å². The van der Waals surface area contributed by atoms with Crippen LogP contribution in [-0.4, -0.2) is 9.97 Å². The number of imidazole rings is 1. The lowest BCUT2D eigenvalue weighted by atomic mass is 10.2. The maximum absolute atomic E-state index is 5.49. The molecule has 0 atom stereocenters. The van der Waals surface area contributed by atoms with Gasteiger partial charge in [-0.3, -0.25) is 5.84 Å². The summed E-state index contributed by atoms with van der Waals surface area (Å²) in [6, 6.07) is 15.7. The average molecular weight is 224 g/mol. The topological polar surface area (TPSA) is 66.7 Å². The first-order chi connectivity index (χ1) is 8.38. The van der Waals surface area contributed by atoms with Gasteiger partial charge in [-0.05, 0) is 24.3 Å². The number of benzene rings is 2. The van der Waals surface area contributed by atoms with Crippen molar-refractivity contribution in [1.82, 2.24) is 9.97 Å². The number of aromatic amines is 1. The molecule has 17 heavy (non-hydrogen) atoms. The zero-order chi connectivity index (χ0) is 11.7. The Morgan fingerprint density at radius 2 is 1.76 bits per heavy atom. The number of nitrogens with two attached hydrogens (primary N) is 1. The van der Waals surface area contributed by atoms with Gasteiger partial charge in [0.2, 0.25) is 0 Å². The highest BCUT2D eigenvalue weighted by molar-refractivity contribution is 5.82. The van der Waals surface area contributed by atoms with E-state index >= 15 is 0 Å². The number of para-hydroxylation sites is 3. The molecule has 1 aromatic heterocycles. The molecule has 0 saturated carbocycles. The third kappa shape index (κ3) is 1.64. The van der Waals surface area contributed by atoms with Crippen LogP contribution in [0.2, 0.25) is 0 Å². The van der Waals surface area contributed by atoms with Gasteiger partial charge >= 0.3 is 0 Å². The van der Waals surface area contributed by atoms with Gasteiger partial charge < -0.3 is 10.4 Å². The molecule has 0 aliphatic rings. The molecule has 4 nitrogen and oxygen atoms in total. The smallest absolute Gasteiger partial charge is 0.140 e. The van der Waals surface area contributed by atoms with Gasteiger partial charge in [0.25, 0.3) is 0 Å². The summed E-state index contributed by atoms with van der Waals surface area (Å²) in [5, 5.41) is 0. The Kier molecular flexibility index (Phi) is 2.27. The Hall–Kier alpha value is -2.33. The minimum Gasteiger partial charge on any atom is -0.338 e. The fraction of sp³-hybridized carbons (Fsp3) is 0. The monoisotopic (exact) mass is 224 g/mol. The maximum Gasteiger partial charge on any atom is 0.140 e. The van der Waals surface area contributed by atoms with Gasteiger partial charge in [-0.25, -0.2) is 4.98 Å². The van der Waals surface area contributed by atoms with Crippen LogP contribution in [0.5, 0.6) is 0 Å². The second-order valence-corrected chi connectivity index (χ2v) is 3.79. The molecule has 1 heterocycles.